The number of fused-ring (bicyclic) bond motifs is 6. The lowest BCUT2D eigenvalue weighted by Gasteiger charge is -2.35. The van der Waals surface area contributed by atoms with Gasteiger partial charge >= 0.3 is 0 Å². The average molecular weight is 1600 g/mol. The Bertz CT molecular complexity index is 6880. The molecule has 586 valence electrons. The molecule has 0 aliphatic carbocycles. The van der Waals surface area contributed by atoms with Crippen molar-refractivity contribution in [2.45, 2.75) is 81.1 Å². The van der Waals surface area contributed by atoms with Crippen molar-refractivity contribution in [3.63, 3.8) is 0 Å². The van der Waals surface area contributed by atoms with Gasteiger partial charge in [-0.25, -0.2) is 0 Å². The van der Waals surface area contributed by atoms with Gasteiger partial charge < -0.3 is 18.6 Å². The smallest absolute Gasteiger partial charge is 0.179 e. The summed E-state index contributed by atoms with van der Waals surface area (Å²) in [6.07, 6.45) is 0. The topological polar surface area (TPSA) is 80.3 Å². The molecule has 20 rings (SSSR count). The van der Waals surface area contributed by atoms with Crippen LogP contribution in [0.1, 0.15) is 95.2 Å². The number of rotatable bonds is 18. The Hall–Kier alpha value is -14.4. The van der Waals surface area contributed by atoms with Gasteiger partial charge in [-0.3, -0.25) is 0 Å². The fourth-order valence-electron chi connectivity index (χ4n) is 19.6. The van der Waals surface area contributed by atoms with Crippen molar-refractivity contribution in [1.82, 2.24) is 0 Å². The van der Waals surface area contributed by atoms with Crippen molar-refractivity contribution in [2.24, 2.45) is 0 Å². The van der Waals surface area contributed by atoms with E-state index in [0.29, 0.717) is 33.7 Å². The predicted octanol–water partition coefficient (Wildman–Crippen LogP) is 25.3. The van der Waals surface area contributed by atoms with Gasteiger partial charge in [-0.15, -0.1) is 0 Å². The molecule has 0 aliphatic heterocycles. The minimum Gasteiger partial charge on any atom is -0.454 e. The van der Waals surface area contributed by atoms with Crippen molar-refractivity contribution in [2.75, 3.05) is 9.80 Å². The number of furan rings is 2. The standard InChI is InChI=1S/C114H90N4O2Si2/c1-71(2)101-67-107(117(105-21-15-19-97-93-17-11-13-23-109(93)119-113(97)105)103-63-41-81(65-83(103)69-115)79-37-55-91(56-38-79)121(85-43-25-73(5)26-44-85,86-45-27-74(6)28-46-86)87-47-29-75(7)30-48-87)99-62-60-96-102(72(3)4)68-108(100-61-59-95(101)111(99)112(96)100)118(106-22-16-20-98-94-18-12-14-24-110(94)120-114(98)106)104-64-42-82(66-84(104)70-116)80-39-57-92(58-40-80)122(88-49-31-76(8)32-50-88,89-51-33-77(9)34-52-89)90-53-35-78(10)36-54-90/h11-68,71-72H,1-10H3. The number of aryl methyl sites for hydroxylation is 6. The van der Waals surface area contributed by atoms with Crippen molar-refractivity contribution in [3.05, 3.63) is 407 Å². The highest BCUT2D eigenvalue weighted by Crippen LogP contribution is 2.54. The van der Waals surface area contributed by atoms with Crippen LogP contribution < -0.4 is 51.3 Å². The number of hydrogen-bond donors (Lipinski definition) is 0. The van der Waals surface area contributed by atoms with Crippen molar-refractivity contribution in [3.8, 4) is 34.4 Å². The van der Waals surface area contributed by atoms with Gasteiger partial charge in [0.2, 0.25) is 0 Å². The molecule has 0 atom stereocenters. The number of nitrogens with zero attached hydrogens (tertiary/aromatic N) is 4. The first-order chi connectivity index (χ1) is 59.5. The number of anilines is 6. The van der Waals surface area contributed by atoms with Gasteiger partial charge in [0.05, 0.1) is 45.3 Å². The molecule has 2 aromatic heterocycles. The first-order valence-corrected chi connectivity index (χ1v) is 46.4. The largest absolute Gasteiger partial charge is 0.454 e. The fraction of sp³-hybridized carbons (Fsp3) is 0.105. The molecule has 20 aromatic rings. The molecule has 122 heavy (non-hydrogen) atoms. The summed E-state index contributed by atoms with van der Waals surface area (Å²) in [6, 6.07) is 135. The molecule has 0 spiro atoms. The molecular formula is C114H90N4O2Si2. The summed E-state index contributed by atoms with van der Waals surface area (Å²) < 4.78 is 14.2. The first kappa shape index (κ1) is 76.3. The van der Waals surface area contributed by atoms with E-state index in [2.05, 4.69) is 419 Å². The van der Waals surface area contributed by atoms with Crippen LogP contribution in [0, 0.1) is 64.2 Å². The Kier molecular flexibility index (Phi) is 19.0. The molecule has 6 nitrogen and oxygen atoms in total. The van der Waals surface area contributed by atoms with Gasteiger partial charge in [-0.05, 0) is 210 Å². The highest BCUT2D eigenvalue weighted by Gasteiger charge is 2.44. The molecular weight excluding hydrogens is 1510 g/mol. The van der Waals surface area contributed by atoms with Crippen LogP contribution in [0.15, 0.2) is 361 Å². The van der Waals surface area contributed by atoms with Gasteiger partial charge in [0.1, 0.15) is 23.3 Å². The van der Waals surface area contributed by atoms with Crippen LogP contribution in [0.4, 0.5) is 34.1 Å². The quantitative estimate of drug-likeness (QED) is 0.0484. The highest BCUT2D eigenvalue weighted by molar-refractivity contribution is 7.20. The summed E-state index contributed by atoms with van der Waals surface area (Å²) in [5.41, 5.74) is 22.4. The monoisotopic (exact) mass is 1600 g/mol. The Morgan fingerprint density at radius 1 is 0.246 bits per heavy atom. The van der Waals surface area contributed by atoms with Crippen molar-refractivity contribution >= 4 is 168 Å². The second kappa shape index (κ2) is 30.5. The Morgan fingerprint density at radius 3 is 0.811 bits per heavy atom. The lowest BCUT2D eigenvalue weighted by atomic mass is 9.84. The normalized spacial score (nSPS) is 12.0. The van der Waals surface area contributed by atoms with Crippen LogP contribution in [0.3, 0.4) is 0 Å². The second-order valence-electron chi connectivity index (χ2n) is 34.1. The summed E-state index contributed by atoms with van der Waals surface area (Å²) >= 11 is 0. The van der Waals surface area contributed by atoms with Gasteiger partial charge in [-0.1, -0.05) is 352 Å². The summed E-state index contributed by atoms with van der Waals surface area (Å²) in [7, 11) is -5.81. The third-order valence-electron chi connectivity index (χ3n) is 25.8. The van der Waals surface area contributed by atoms with E-state index in [9.17, 15) is 10.5 Å². The molecule has 0 saturated heterocycles. The number of para-hydroxylation sites is 4. The van der Waals surface area contributed by atoms with Gasteiger partial charge in [0.25, 0.3) is 0 Å². The number of benzene rings is 18. The van der Waals surface area contributed by atoms with Crippen LogP contribution >= 0.6 is 0 Å². The summed E-state index contributed by atoms with van der Waals surface area (Å²) in [4.78, 5) is 4.62. The van der Waals surface area contributed by atoms with Crippen LogP contribution in [-0.2, 0) is 0 Å². The second-order valence-corrected chi connectivity index (χ2v) is 41.7. The van der Waals surface area contributed by atoms with Crippen molar-refractivity contribution in [1.29, 1.82) is 10.5 Å². The predicted molar refractivity (Wildman–Crippen MR) is 518 cm³/mol. The highest BCUT2D eigenvalue weighted by atomic mass is 28.3. The number of hydrogen-bond acceptors (Lipinski definition) is 6. The molecule has 0 saturated carbocycles. The zero-order valence-corrected chi connectivity index (χ0v) is 72.2. The average Bonchev–Trinajstić information content (AvgIpc) is 0.817. The van der Waals surface area contributed by atoms with E-state index < -0.39 is 16.1 Å². The van der Waals surface area contributed by atoms with E-state index in [-0.39, 0.29) is 11.8 Å². The SMILES string of the molecule is Cc1ccc([Si](c2ccc(C)cc2)(c2ccc(C)cc2)c2ccc(-c3ccc(N(c4cc(C(C)C)c5ccc6c(N(c7ccc(-c8ccc([Si](c9ccc(C)cc9)(c9ccc(C)cc9)c9ccc(C)cc9)cc8)cc7C#N)c7cccc8c7oc7ccccc78)cc(C(C)C)c7ccc4c5c76)c4cccc5c4oc4ccccc45)c(C#N)c3)cc2)cc1. The molecule has 0 fully saturated rings. The van der Waals surface area contributed by atoms with Gasteiger partial charge in [0, 0.05) is 32.3 Å². The molecule has 0 N–H and O–H groups in total. The minimum absolute atomic E-state index is 0.0473. The maximum atomic E-state index is 12.0. The molecule has 8 heteroatoms. The maximum absolute atomic E-state index is 12.0. The molecule has 2 heterocycles. The minimum atomic E-state index is -2.90. The third-order valence-corrected chi connectivity index (χ3v) is 35.4. The summed E-state index contributed by atoms with van der Waals surface area (Å²) in [5, 5.41) is 45.0. The van der Waals surface area contributed by atoms with Gasteiger partial charge in [-0.2, -0.15) is 10.5 Å². The van der Waals surface area contributed by atoms with Crippen LogP contribution in [0.5, 0.6) is 0 Å². The summed E-state index contributed by atoms with van der Waals surface area (Å²) in [5.74, 6) is 0.0946. The molecule has 0 amide bonds. The van der Waals surface area contributed by atoms with Crippen LogP contribution in [0.2, 0.25) is 0 Å². The molecule has 0 radical (unpaired) electrons. The lowest BCUT2D eigenvalue weighted by molar-refractivity contribution is 0.668. The van der Waals surface area contributed by atoms with E-state index in [4.69, 9.17) is 8.83 Å². The third kappa shape index (κ3) is 12.5. The Labute approximate surface area is 715 Å². The molecule has 0 unspecified atom stereocenters. The Balaban J connectivity index is 0.780. The van der Waals surface area contributed by atoms with E-state index in [1.54, 1.807) is 0 Å². The Morgan fingerprint density at radius 2 is 0.516 bits per heavy atom. The van der Waals surface area contributed by atoms with Crippen LogP contribution in [0.25, 0.3) is 98.4 Å². The van der Waals surface area contributed by atoms with E-state index in [1.165, 1.54) is 74.9 Å². The van der Waals surface area contributed by atoms with E-state index in [1.807, 2.05) is 24.3 Å². The molecule has 18 aromatic carbocycles. The van der Waals surface area contributed by atoms with E-state index >= 15 is 0 Å². The molecule has 0 aliphatic rings. The van der Waals surface area contributed by atoms with Gasteiger partial charge in [0.15, 0.2) is 27.3 Å². The number of nitriles is 2. The first-order valence-electron chi connectivity index (χ1n) is 42.4. The van der Waals surface area contributed by atoms with Crippen molar-refractivity contribution < 1.29 is 8.83 Å². The maximum Gasteiger partial charge on any atom is 0.179 e. The van der Waals surface area contributed by atoms with E-state index in [0.717, 1.165) is 121 Å². The lowest BCUT2D eigenvalue weighted by Crippen LogP contribution is -2.74. The summed E-state index contributed by atoms with van der Waals surface area (Å²) in [6.45, 7) is 22.1. The van der Waals surface area contributed by atoms with Crippen LogP contribution in [-0.4, -0.2) is 16.1 Å². The zero-order valence-electron chi connectivity index (χ0n) is 70.2. The zero-order chi connectivity index (χ0) is 83.4. The fourth-order valence-corrected chi connectivity index (χ4v) is 28.9. The molecule has 0 bridgehead atoms.